The summed E-state index contributed by atoms with van der Waals surface area (Å²) in [4.78, 5) is 25.5. The van der Waals surface area contributed by atoms with Crippen LogP contribution in [0.5, 0.6) is 0 Å². The number of nitrogens with one attached hydrogen (secondary N) is 1. The van der Waals surface area contributed by atoms with E-state index in [1.165, 1.54) is 23.1 Å². The van der Waals surface area contributed by atoms with Gasteiger partial charge in [-0.05, 0) is 39.0 Å². The van der Waals surface area contributed by atoms with Gasteiger partial charge in [-0.2, -0.15) is 0 Å². The van der Waals surface area contributed by atoms with Crippen LogP contribution in [0, 0.1) is 6.92 Å². The SMILES string of the molecule is CCOC(=O)c1cc(C)sc1NC(=O)CSc1nnc(-c2ccc(Br)cc2)n1CC. The number of nitrogens with zero attached hydrogens (tertiary/aromatic N) is 3. The average Bonchev–Trinajstić information content (AvgIpc) is 3.30. The summed E-state index contributed by atoms with van der Waals surface area (Å²) in [6.07, 6.45) is 0. The van der Waals surface area contributed by atoms with Crippen molar-refractivity contribution in [2.24, 2.45) is 0 Å². The zero-order valence-electron chi connectivity index (χ0n) is 16.8. The Balaban J connectivity index is 1.69. The second-order valence-electron chi connectivity index (χ2n) is 6.21. The molecule has 7 nitrogen and oxygen atoms in total. The van der Waals surface area contributed by atoms with Gasteiger partial charge in [-0.3, -0.25) is 4.79 Å². The maximum absolute atomic E-state index is 12.5. The van der Waals surface area contributed by atoms with E-state index in [4.69, 9.17) is 4.74 Å². The number of carbonyl (C=O) groups excluding carboxylic acids is 2. The van der Waals surface area contributed by atoms with Gasteiger partial charge < -0.3 is 14.6 Å². The Morgan fingerprint density at radius 3 is 2.63 bits per heavy atom. The highest BCUT2D eigenvalue weighted by Gasteiger charge is 2.19. The molecule has 0 aliphatic carbocycles. The lowest BCUT2D eigenvalue weighted by Gasteiger charge is -2.08. The Morgan fingerprint density at radius 1 is 1.23 bits per heavy atom. The van der Waals surface area contributed by atoms with E-state index in [0.717, 1.165) is 20.7 Å². The van der Waals surface area contributed by atoms with Gasteiger partial charge in [0.05, 0.1) is 17.9 Å². The highest BCUT2D eigenvalue weighted by molar-refractivity contribution is 9.10. The lowest BCUT2D eigenvalue weighted by molar-refractivity contribution is -0.113. The number of aromatic nitrogens is 3. The molecule has 0 atom stereocenters. The molecule has 0 fully saturated rings. The first kappa shape index (κ1) is 22.5. The first-order valence-corrected chi connectivity index (χ1v) is 11.9. The number of amides is 1. The summed E-state index contributed by atoms with van der Waals surface area (Å²) in [6, 6.07) is 9.57. The van der Waals surface area contributed by atoms with Gasteiger partial charge in [-0.1, -0.05) is 39.8 Å². The number of benzene rings is 1. The van der Waals surface area contributed by atoms with Crippen LogP contribution < -0.4 is 5.32 Å². The van der Waals surface area contributed by atoms with E-state index >= 15 is 0 Å². The lowest BCUT2D eigenvalue weighted by atomic mass is 10.2. The Labute approximate surface area is 191 Å². The molecular formula is C20H21BrN4O3S2. The molecule has 0 aliphatic rings. The minimum absolute atomic E-state index is 0.150. The number of hydrogen-bond acceptors (Lipinski definition) is 7. The van der Waals surface area contributed by atoms with E-state index in [-0.39, 0.29) is 18.3 Å². The molecule has 0 radical (unpaired) electrons. The van der Waals surface area contributed by atoms with Crippen molar-refractivity contribution < 1.29 is 14.3 Å². The van der Waals surface area contributed by atoms with E-state index in [1.54, 1.807) is 13.0 Å². The number of ether oxygens (including phenoxy) is 1. The molecule has 10 heteroatoms. The van der Waals surface area contributed by atoms with Gasteiger partial charge in [0, 0.05) is 21.5 Å². The summed E-state index contributed by atoms with van der Waals surface area (Å²) >= 11 is 6.09. The van der Waals surface area contributed by atoms with Crippen molar-refractivity contribution in [2.75, 3.05) is 17.7 Å². The molecule has 0 unspecified atom stereocenters. The fraction of sp³-hybridized carbons (Fsp3) is 0.300. The number of thiophene rings is 1. The fourth-order valence-corrected chi connectivity index (χ4v) is 4.74. The number of rotatable bonds is 8. The zero-order valence-corrected chi connectivity index (χ0v) is 20.0. The summed E-state index contributed by atoms with van der Waals surface area (Å²) in [6.45, 7) is 6.60. The topological polar surface area (TPSA) is 86.1 Å². The van der Waals surface area contributed by atoms with Crippen molar-refractivity contribution in [3.63, 3.8) is 0 Å². The average molecular weight is 509 g/mol. The molecule has 3 aromatic rings. The number of hydrogen-bond donors (Lipinski definition) is 1. The summed E-state index contributed by atoms with van der Waals surface area (Å²) in [5, 5.41) is 12.5. The van der Waals surface area contributed by atoms with Crippen molar-refractivity contribution in [2.45, 2.75) is 32.5 Å². The Kier molecular flexibility index (Phi) is 7.68. The molecule has 1 amide bonds. The van der Waals surface area contributed by atoms with Gasteiger partial charge in [0.15, 0.2) is 11.0 Å². The molecule has 0 saturated heterocycles. The monoisotopic (exact) mass is 508 g/mol. The second-order valence-corrected chi connectivity index (χ2v) is 9.33. The minimum Gasteiger partial charge on any atom is -0.462 e. The standard InChI is InChI=1S/C20H21BrN4O3S2/c1-4-25-17(13-6-8-14(21)9-7-13)23-24-20(25)29-11-16(26)22-18-15(10-12(3)30-18)19(27)28-5-2/h6-10H,4-5,11H2,1-3H3,(H,22,26). The van der Waals surface area contributed by atoms with Crippen LogP contribution in [0.4, 0.5) is 5.00 Å². The number of esters is 1. The number of halogens is 1. The van der Waals surface area contributed by atoms with Gasteiger partial charge in [0.2, 0.25) is 5.91 Å². The van der Waals surface area contributed by atoms with Crippen LogP contribution in [0.15, 0.2) is 40.0 Å². The molecular weight excluding hydrogens is 488 g/mol. The second kappa shape index (κ2) is 10.2. The molecule has 158 valence electrons. The largest absolute Gasteiger partial charge is 0.462 e. The molecule has 1 aromatic carbocycles. The molecule has 3 rings (SSSR count). The van der Waals surface area contributed by atoms with Crippen LogP contribution >= 0.6 is 39.0 Å². The van der Waals surface area contributed by atoms with Crippen molar-refractivity contribution in [1.82, 2.24) is 14.8 Å². The van der Waals surface area contributed by atoms with Gasteiger partial charge in [0.25, 0.3) is 0 Å². The Morgan fingerprint density at radius 2 is 1.97 bits per heavy atom. The Hall–Kier alpha value is -2.17. The first-order valence-electron chi connectivity index (χ1n) is 9.32. The minimum atomic E-state index is -0.435. The number of anilines is 1. The van der Waals surface area contributed by atoms with Crippen LogP contribution in [0.1, 0.15) is 29.1 Å². The molecule has 30 heavy (non-hydrogen) atoms. The number of thioether (sulfide) groups is 1. The van der Waals surface area contributed by atoms with E-state index in [0.29, 0.717) is 22.3 Å². The molecule has 1 N–H and O–H groups in total. The van der Waals surface area contributed by atoms with Crippen LogP contribution in [-0.2, 0) is 16.1 Å². The van der Waals surface area contributed by atoms with Gasteiger partial charge in [0.1, 0.15) is 5.00 Å². The normalized spacial score (nSPS) is 10.8. The van der Waals surface area contributed by atoms with Gasteiger partial charge >= 0.3 is 5.97 Å². The van der Waals surface area contributed by atoms with E-state index in [2.05, 4.69) is 31.4 Å². The highest BCUT2D eigenvalue weighted by atomic mass is 79.9. The summed E-state index contributed by atoms with van der Waals surface area (Å²) in [7, 11) is 0. The predicted molar refractivity (Wildman–Crippen MR) is 123 cm³/mol. The molecule has 0 aliphatic heterocycles. The third kappa shape index (κ3) is 5.30. The third-order valence-corrected chi connectivity index (χ3v) is 6.53. The number of carbonyl (C=O) groups is 2. The van der Waals surface area contributed by atoms with E-state index in [1.807, 2.05) is 42.7 Å². The van der Waals surface area contributed by atoms with Crippen LogP contribution in [0.3, 0.4) is 0 Å². The quantitative estimate of drug-likeness (QED) is 0.340. The van der Waals surface area contributed by atoms with Crippen LogP contribution in [0.2, 0.25) is 0 Å². The van der Waals surface area contributed by atoms with E-state index in [9.17, 15) is 9.59 Å². The smallest absolute Gasteiger partial charge is 0.341 e. The number of aryl methyl sites for hydroxylation is 1. The van der Waals surface area contributed by atoms with Crippen molar-refractivity contribution in [3.05, 3.63) is 45.2 Å². The fourth-order valence-electron chi connectivity index (χ4n) is 2.75. The molecule has 0 bridgehead atoms. The molecule has 2 heterocycles. The summed E-state index contributed by atoms with van der Waals surface area (Å²) in [5.41, 5.74) is 1.34. The summed E-state index contributed by atoms with van der Waals surface area (Å²) in [5.74, 6) is 0.252. The third-order valence-electron chi connectivity index (χ3n) is 4.07. The van der Waals surface area contributed by atoms with Crippen LogP contribution in [-0.4, -0.2) is 39.0 Å². The maximum Gasteiger partial charge on any atom is 0.341 e. The first-order chi connectivity index (χ1) is 14.4. The zero-order chi connectivity index (χ0) is 21.7. The molecule has 0 spiro atoms. The van der Waals surface area contributed by atoms with E-state index < -0.39 is 5.97 Å². The van der Waals surface area contributed by atoms with Crippen molar-refractivity contribution >= 4 is 55.9 Å². The van der Waals surface area contributed by atoms with Crippen LogP contribution in [0.25, 0.3) is 11.4 Å². The summed E-state index contributed by atoms with van der Waals surface area (Å²) < 4.78 is 8.03. The molecule has 0 saturated carbocycles. The lowest BCUT2D eigenvalue weighted by Crippen LogP contribution is -2.16. The maximum atomic E-state index is 12.5. The van der Waals surface area contributed by atoms with Gasteiger partial charge in [-0.15, -0.1) is 21.5 Å². The van der Waals surface area contributed by atoms with Crippen molar-refractivity contribution in [1.29, 1.82) is 0 Å². The predicted octanol–water partition coefficient (Wildman–Crippen LogP) is 5.00. The van der Waals surface area contributed by atoms with Gasteiger partial charge in [-0.25, -0.2) is 4.79 Å². The Bertz CT molecular complexity index is 1050. The highest BCUT2D eigenvalue weighted by Crippen LogP contribution is 2.29. The van der Waals surface area contributed by atoms with Crippen molar-refractivity contribution in [3.8, 4) is 11.4 Å². The molecule has 2 aromatic heterocycles.